The average molecular weight is 313 g/mol. The minimum absolute atomic E-state index is 0.271. The third-order valence-corrected chi connectivity index (χ3v) is 5.96. The number of thiophene rings is 1. The third kappa shape index (κ3) is 2.85. The van der Waals surface area contributed by atoms with E-state index in [0.717, 1.165) is 13.2 Å². The van der Waals surface area contributed by atoms with Gasteiger partial charge >= 0.3 is 0 Å². The van der Waals surface area contributed by atoms with Crippen LogP contribution in [0.4, 0.5) is 0 Å². The van der Waals surface area contributed by atoms with E-state index in [0.29, 0.717) is 5.92 Å². The van der Waals surface area contributed by atoms with Gasteiger partial charge in [-0.05, 0) is 48.5 Å². The van der Waals surface area contributed by atoms with Crippen molar-refractivity contribution in [2.75, 3.05) is 26.2 Å². The normalized spacial score (nSPS) is 25.8. The second-order valence-corrected chi connectivity index (χ2v) is 7.33. The fraction of sp³-hybridized carbons (Fsp3) is 0.474. The molecule has 0 spiro atoms. The van der Waals surface area contributed by atoms with Crippen LogP contribution < -0.4 is 0 Å². The van der Waals surface area contributed by atoms with Crippen LogP contribution in [-0.4, -0.2) is 31.1 Å². The third-order valence-electron chi connectivity index (χ3n) is 4.93. The first-order valence-corrected chi connectivity index (χ1v) is 9.26. The Morgan fingerprint density at radius 3 is 2.68 bits per heavy atom. The fourth-order valence-electron chi connectivity index (χ4n) is 3.73. The van der Waals surface area contributed by atoms with Crippen LogP contribution in [0.25, 0.3) is 0 Å². The molecule has 0 saturated carbocycles. The number of benzene rings is 1. The molecule has 4 rings (SSSR count). The van der Waals surface area contributed by atoms with Gasteiger partial charge in [0.2, 0.25) is 0 Å². The quantitative estimate of drug-likeness (QED) is 0.831. The van der Waals surface area contributed by atoms with Crippen LogP contribution in [0.1, 0.15) is 47.3 Å². The SMILES string of the molecule is c1ccc(C2COC(CN3CCCCC3)c3sccc32)cc1. The van der Waals surface area contributed by atoms with Crippen molar-refractivity contribution in [1.29, 1.82) is 0 Å². The number of likely N-dealkylation sites (tertiary alicyclic amines) is 1. The average Bonchev–Trinajstić information content (AvgIpc) is 3.07. The molecule has 0 bridgehead atoms. The minimum Gasteiger partial charge on any atom is -0.370 e. The molecule has 1 aromatic carbocycles. The molecule has 1 fully saturated rings. The van der Waals surface area contributed by atoms with E-state index < -0.39 is 0 Å². The molecule has 3 heterocycles. The van der Waals surface area contributed by atoms with Crippen molar-refractivity contribution >= 4 is 11.3 Å². The molecule has 0 amide bonds. The van der Waals surface area contributed by atoms with E-state index in [2.05, 4.69) is 46.7 Å². The molecule has 0 N–H and O–H groups in total. The van der Waals surface area contributed by atoms with E-state index in [9.17, 15) is 0 Å². The Hall–Kier alpha value is -1.16. The zero-order valence-corrected chi connectivity index (χ0v) is 13.7. The van der Waals surface area contributed by atoms with Crippen LogP contribution in [-0.2, 0) is 4.74 Å². The number of hydrogen-bond donors (Lipinski definition) is 0. The van der Waals surface area contributed by atoms with Crippen molar-refractivity contribution in [3.63, 3.8) is 0 Å². The lowest BCUT2D eigenvalue weighted by Crippen LogP contribution is -2.36. The topological polar surface area (TPSA) is 12.5 Å². The predicted octanol–water partition coefficient (Wildman–Crippen LogP) is 4.44. The summed E-state index contributed by atoms with van der Waals surface area (Å²) < 4.78 is 6.30. The smallest absolute Gasteiger partial charge is 0.105 e. The second-order valence-electron chi connectivity index (χ2n) is 6.39. The Labute approximate surface area is 136 Å². The highest BCUT2D eigenvalue weighted by molar-refractivity contribution is 7.10. The molecule has 1 saturated heterocycles. The molecule has 3 heteroatoms. The molecule has 0 aliphatic carbocycles. The van der Waals surface area contributed by atoms with Crippen molar-refractivity contribution in [3.8, 4) is 0 Å². The summed E-state index contributed by atoms with van der Waals surface area (Å²) in [6.07, 6.45) is 4.35. The zero-order chi connectivity index (χ0) is 14.8. The molecule has 1 aromatic heterocycles. The molecule has 2 aromatic rings. The number of ether oxygens (including phenoxy) is 1. The van der Waals surface area contributed by atoms with E-state index in [1.807, 2.05) is 11.3 Å². The van der Waals surface area contributed by atoms with Gasteiger partial charge in [0, 0.05) is 17.3 Å². The Morgan fingerprint density at radius 2 is 1.86 bits per heavy atom. The number of hydrogen-bond acceptors (Lipinski definition) is 3. The van der Waals surface area contributed by atoms with Gasteiger partial charge in [-0.3, -0.25) is 0 Å². The van der Waals surface area contributed by atoms with Crippen molar-refractivity contribution in [2.24, 2.45) is 0 Å². The molecule has 2 unspecified atom stereocenters. The van der Waals surface area contributed by atoms with Gasteiger partial charge in [-0.15, -0.1) is 11.3 Å². The highest BCUT2D eigenvalue weighted by atomic mass is 32.1. The standard InChI is InChI=1S/C19H23NOS/c1-3-7-15(8-4-1)17-14-21-18(19-16(17)9-12-22-19)13-20-10-5-2-6-11-20/h1,3-4,7-9,12,17-18H,2,5-6,10-11,13-14H2. The van der Waals surface area contributed by atoms with Crippen LogP contribution in [0.2, 0.25) is 0 Å². The van der Waals surface area contributed by atoms with E-state index in [4.69, 9.17) is 4.74 Å². The van der Waals surface area contributed by atoms with Crippen LogP contribution in [0.3, 0.4) is 0 Å². The number of piperidine rings is 1. The van der Waals surface area contributed by atoms with E-state index >= 15 is 0 Å². The van der Waals surface area contributed by atoms with Gasteiger partial charge in [-0.1, -0.05) is 36.8 Å². The molecule has 2 aliphatic rings. The maximum atomic E-state index is 6.30. The fourth-order valence-corrected chi connectivity index (χ4v) is 4.73. The van der Waals surface area contributed by atoms with Gasteiger partial charge in [0.05, 0.1) is 6.61 Å². The Balaban J connectivity index is 1.55. The zero-order valence-electron chi connectivity index (χ0n) is 12.9. The van der Waals surface area contributed by atoms with Crippen LogP contribution >= 0.6 is 11.3 Å². The molecule has 116 valence electrons. The maximum absolute atomic E-state index is 6.30. The van der Waals surface area contributed by atoms with Gasteiger partial charge < -0.3 is 9.64 Å². The van der Waals surface area contributed by atoms with Crippen LogP contribution in [0.15, 0.2) is 41.8 Å². The first-order chi connectivity index (χ1) is 10.9. The van der Waals surface area contributed by atoms with Gasteiger partial charge in [0.1, 0.15) is 6.10 Å². The van der Waals surface area contributed by atoms with Crippen molar-refractivity contribution < 1.29 is 4.74 Å². The summed E-state index contributed by atoms with van der Waals surface area (Å²) in [6.45, 7) is 4.35. The summed E-state index contributed by atoms with van der Waals surface area (Å²) >= 11 is 1.87. The monoisotopic (exact) mass is 313 g/mol. The lowest BCUT2D eigenvalue weighted by molar-refractivity contribution is 0.00825. The van der Waals surface area contributed by atoms with Crippen molar-refractivity contribution in [3.05, 3.63) is 57.8 Å². The molecule has 2 atom stereocenters. The van der Waals surface area contributed by atoms with Gasteiger partial charge in [-0.25, -0.2) is 0 Å². The summed E-state index contributed by atoms with van der Waals surface area (Å²) in [7, 11) is 0. The predicted molar refractivity (Wildman–Crippen MR) is 91.6 cm³/mol. The first kappa shape index (κ1) is 14.4. The molecule has 0 radical (unpaired) electrons. The minimum atomic E-state index is 0.271. The first-order valence-electron chi connectivity index (χ1n) is 8.38. The highest BCUT2D eigenvalue weighted by Gasteiger charge is 2.31. The summed E-state index contributed by atoms with van der Waals surface area (Å²) in [5, 5.41) is 2.23. The van der Waals surface area contributed by atoms with Crippen molar-refractivity contribution in [2.45, 2.75) is 31.3 Å². The van der Waals surface area contributed by atoms with E-state index in [1.54, 1.807) is 0 Å². The van der Waals surface area contributed by atoms with E-state index in [-0.39, 0.29) is 6.10 Å². The molecular weight excluding hydrogens is 290 g/mol. The molecular formula is C19H23NOS. The number of nitrogens with zero attached hydrogens (tertiary/aromatic N) is 1. The van der Waals surface area contributed by atoms with Crippen molar-refractivity contribution in [1.82, 2.24) is 4.90 Å². The van der Waals surface area contributed by atoms with Gasteiger partial charge in [0.25, 0.3) is 0 Å². The molecule has 22 heavy (non-hydrogen) atoms. The number of rotatable bonds is 3. The molecule has 2 aliphatic heterocycles. The lowest BCUT2D eigenvalue weighted by atomic mass is 9.89. The Morgan fingerprint density at radius 1 is 1.05 bits per heavy atom. The van der Waals surface area contributed by atoms with E-state index in [1.165, 1.54) is 48.4 Å². The number of fused-ring (bicyclic) bond motifs is 1. The maximum Gasteiger partial charge on any atom is 0.105 e. The Bertz CT molecular complexity index is 603. The largest absolute Gasteiger partial charge is 0.370 e. The van der Waals surface area contributed by atoms with Crippen LogP contribution in [0, 0.1) is 0 Å². The van der Waals surface area contributed by atoms with Gasteiger partial charge in [0.15, 0.2) is 0 Å². The summed E-state index contributed by atoms with van der Waals surface area (Å²) in [6, 6.07) is 13.1. The summed E-state index contributed by atoms with van der Waals surface area (Å²) in [5.41, 5.74) is 2.86. The Kier molecular flexibility index (Phi) is 4.28. The second kappa shape index (κ2) is 6.53. The molecule has 2 nitrogen and oxygen atoms in total. The lowest BCUT2D eigenvalue weighted by Gasteiger charge is -2.34. The summed E-state index contributed by atoms with van der Waals surface area (Å²) in [4.78, 5) is 4.03. The summed E-state index contributed by atoms with van der Waals surface area (Å²) in [5.74, 6) is 0.403. The highest BCUT2D eigenvalue weighted by Crippen LogP contribution is 2.41. The van der Waals surface area contributed by atoms with Gasteiger partial charge in [-0.2, -0.15) is 0 Å². The van der Waals surface area contributed by atoms with Crippen LogP contribution in [0.5, 0.6) is 0 Å².